The van der Waals surface area contributed by atoms with Crippen LogP contribution in [0.3, 0.4) is 0 Å². The van der Waals surface area contributed by atoms with Gasteiger partial charge in [0, 0.05) is 0 Å². The fourth-order valence-corrected chi connectivity index (χ4v) is 7.56. The quantitative estimate of drug-likeness (QED) is 0.476. The van der Waals surface area contributed by atoms with Crippen molar-refractivity contribution in [3.63, 3.8) is 0 Å². The SMILES string of the molecule is C=C1C[C@@]23CC[C@@H]1C[C@H]2[C@@]1(C)CCCC(C)(C)[C@@H]1CC3. The molecule has 0 aliphatic heterocycles. The molecule has 0 saturated heterocycles. The molecule has 0 amide bonds. The molecule has 20 heavy (non-hydrogen) atoms. The zero-order valence-electron chi connectivity index (χ0n) is 13.8. The predicted molar refractivity (Wildman–Crippen MR) is 85.5 cm³/mol. The van der Waals surface area contributed by atoms with Crippen molar-refractivity contribution in [3.05, 3.63) is 12.2 Å². The van der Waals surface area contributed by atoms with Crippen molar-refractivity contribution in [1.29, 1.82) is 0 Å². The minimum atomic E-state index is 0.586. The summed E-state index contributed by atoms with van der Waals surface area (Å²) in [6.45, 7) is 12.3. The molecule has 0 unspecified atom stereocenters. The first-order valence-electron chi connectivity index (χ1n) is 9.05. The van der Waals surface area contributed by atoms with Crippen molar-refractivity contribution < 1.29 is 0 Å². The average molecular weight is 272 g/mol. The van der Waals surface area contributed by atoms with E-state index in [0.29, 0.717) is 16.2 Å². The molecule has 0 aromatic heterocycles. The van der Waals surface area contributed by atoms with Crippen LogP contribution in [0.1, 0.15) is 78.6 Å². The molecule has 0 heteroatoms. The fraction of sp³-hybridized carbons (Fsp3) is 0.900. The maximum atomic E-state index is 4.44. The Bertz CT molecular complexity index is 445. The largest absolute Gasteiger partial charge is 0.0996 e. The minimum Gasteiger partial charge on any atom is -0.0996 e. The lowest BCUT2D eigenvalue weighted by Crippen LogP contribution is -2.59. The molecule has 0 N–H and O–H groups in total. The number of hydrogen-bond donors (Lipinski definition) is 0. The van der Waals surface area contributed by atoms with Crippen LogP contribution < -0.4 is 0 Å². The molecule has 5 fully saturated rings. The highest BCUT2D eigenvalue weighted by atomic mass is 14.7. The van der Waals surface area contributed by atoms with E-state index in [4.69, 9.17) is 0 Å². The highest BCUT2D eigenvalue weighted by Crippen LogP contribution is 2.71. The van der Waals surface area contributed by atoms with Crippen LogP contribution in [0, 0.1) is 34.0 Å². The highest BCUT2D eigenvalue weighted by Gasteiger charge is 2.62. The summed E-state index contributed by atoms with van der Waals surface area (Å²) < 4.78 is 0. The standard InChI is InChI=1S/C20H32/c1-14-13-20-10-6-15(14)12-17(20)19(4)9-5-8-18(2,3)16(19)7-11-20/h15-17H,1,5-13H2,2-4H3/t15-,16+,17+,19+,20+/m1/s1. The average Bonchev–Trinajstić information content (AvgIpc) is 2.37. The van der Waals surface area contributed by atoms with Crippen molar-refractivity contribution in [2.45, 2.75) is 78.6 Å². The van der Waals surface area contributed by atoms with Gasteiger partial charge < -0.3 is 0 Å². The molecule has 0 heterocycles. The summed E-state index contributed by atoms with van der Waals surface area (Å²) in [6, 6.07) is 0. The van der Waals surface area contributed by atoms with Gasteiger partial charge in [-0.3, -0.25) is 0 Å². The second-order valence-electron chi connectivity index (χ2n) is 9.66. The molecule has 0 aromatic rings. The van der Waals surface area contributed by atoms with Gasteiger partial charge in [0.1, 0.15) is 0 Å². The van der Waals surface area contributed by atoms with Gasteiger partial charge in [-0.2, -0.15) is 0 Å². The molecule has 0 nitrogen and oxygen atoms in total. The van der Waals surface area contributed by atoms with Gasteiger partial charge in [-0.1, -0.05) is 39.3 Å². The normalized spacial score (nSPS) is 53.4. The third kappa shape index (κ3) is 1.54. The molecular weight excluding hydrogens is 240 g/mol. The first kappa shape index (κ1) is 13.4. The minimum absolute atomic E-state index is 0.586. The van der Waals surface area contributed by atoms with Crippen LogP contribution in [0.2, 0.25) is 0 Å². The third-order valence-corrected chi connectivity index (χ3v) is 8.41. The van der Waals surface area contributed by atoms with Crippen LogP contribution in [0.5, 0.6) is 0 Å². The fourth-order valence-electron chi connectivity index (χ4n) is 7.56. The molecule has 112 valence electrons. The molecule has 5 aliphatic carbocycles. The van der Waals surface area contributed by atoms with Crippen molar-refractivity contribution in [2.75, 3.05) is 0 Å². The lowest BCUT2D eigenvalue weighted by Gasteiger charge is -2.68. The van der Waals surface area contributed by atoms with Gasteiger partial charge in [-0.15, -0.1) is 0 Å². The molecular formula is C20H32. The van der Waals surface area contributed by atoms with Crippen LogP contribution in [0.4, 0.5) is 0 Å². The van der Waals surface area contributed by atoms with E-state index in [0.717, 1.165) is 17.8 Å². The molecule has 2 bridgehead atoms. The van der Waals surface area contributed by atoms with E-state index in [1.54, 1.807) is 5.57 Å². The van der Waals surface area contributed by atoms with Crippen LogP contribution in [-0.2, 0) is 0 Å². The summed E-state index contributed by atoms with van der Waals surface area (Å²) in [4.78, 5) is 0. The van der Waals surface area contributed by atoms with Gasteiger partial charge in [0.05, 0.1) is 0 Å². The van der Waals surface area contributed by atoms with Crippen molar-refractivity contribution in [3.8, 4) is 0 Å². The molecule has 5 atom stereocenters. The monoisotopic (exact) mass is 272 g/mol. The number of fused-ring (bicyclic) bond motifs is 3. The summed E-state index contributed by atoms with van der Waals surface area (Å²) in [5.74, 6) is 2.87. The number of allylic oxidation sites excluding steroid dienone is 1. The Morgan fingerprint density at radius 1 is 0.950 bits per heavy atom. The third-order valence-electron chi connectivity index (χ3n) is 8.41. The van der Waals surface area contributed by atoms with Gasteiger partial charge in [-0.05, 0) is 85.4 Å². The van der Waals surface area contributed by atoms with Gasteiger partial charge in [0.15, 0.2) is 0 Å². The van der Waals surface area contributed by atoms with Gasteiger partial charge in [0.2, 0.25) is 0 Å². The summed E-state index contributed by atoms with van der Waals surface area (Å²) in [5, 5.41) is 0. The van der Waals surface area contributed by atoms with E-state index in [9.17, 15) is 0 Å². The van der Waals surface area contributed by atoms with E-state index in [2.05, 4.69) is 27.4 Å². The Balaban J connectivity index is 1.75. The van der Waals surface area contributed by atoms with Gasteiger partial charge in [-0.25, -0.2) is 0 Å². The van der Waals surface area contributed by atoms with E-state index in [1.807, 2.05) is 0 Å². The summed E-state index contributed by atoms with van der Waals surface area (Å²) >= 11 is 0. The molecule has 0 aromatic carbocycles. The maximum Gasteiger partial charge on any atom is -0.0202 e. The Morgan fingerprint density at radius 2 is 1.70 bits per heavy atom. The predicted octanol–water partition coefficient (Wildman–Crippen LogP) is 5.98. The lowest BCUT2D eigenvalue weighted by molar-refractivity contribution is -0.167. The molecule has 5 aliphatic rings. The zero-order chi connectivity index (χ0) is 14.2. The maximum absolute atomic E-state index is 4.44. The molecule has 5 saturated carbocycles. The Labute approximate surface area is 125 Å². The first-order chi connectivity index (χ1) is 9.37. The lowest BCUT2D eigenvalue weighted by atomic mass is 9.37. The molecule has 5 rings (SSSR count). The second kappa shape index (κ2) is 3.93. The van der Waals surface area contributed by atoms with E-state index in [-0.39, 0.29) is 0 Å². The zero-order valence-corrected chi connectivity index (χ0v) is 13.8. The number of rotatable bonds is 0. The van der Waals surface area contributed by atoms with Gasteiger partial charge in [0.25, 0.3) is 0 Å². The summed E-state index contributed by atoms with van der Waals surface area (Å²) in [7, 11) is 0. The first-order valence-corrected chi connectivity index (χ1v) is 9.05. The van der Waals surface area contributed by atoms with E-state index < -0.39 is 0 Å². The molecule has 0 radical (unpaired) electrons. The molecule has 1 spiro atoms. The van der Waals surface area contributed by atoms with Crippen LogP contribution in [0.15, 0.2) is 12.2 Å². The van der Waals surface area contributed by atoms with Crippen molar-refractivity contribution in [1.82, 2.24) is 0 Å². The van der Waals surface area contributed by atoms with Crippen LogP contribution in [0.25, 0.3) is 0 Å². The van der Waals surface area contributed by atoms with Crippen molar-refractivity contribution in [2.24, 2.45) is 34.0 Å². The van der Waals surface area contributed by atoms with E-state index >= 15 is 0 Å². The van der Waals surface area contributed by atoms with Crippen molar-refractivity contribution >= 4 is 0 Å². The van der Waals surface area contributed by atoms with Gasteiger partial charge >= 0.3 is 0 Å². The van der Waals surface area contributed by atoms with Crippen LogP contribution >= 0.6 is 0 Å². The summed E-state index contributed by atoms with van der Waals surface area (Å²) in [6.07, 6.45) is 13.3. The summed E-state index contributed by atoms with van der Waals surface area (Å²) in [5.41, 5.74) is 3.51. The second-order valence-corrected chi connectivity index (χ2v) is 9.66. The van der Waals surface area contributed by atoms with E-state index in [1.165, 1.54) is 57.8 Å². The topological polar surface area (TPSA) is 0 Å². The number of hydrogen-bond acceptors (Lipinski definition) is 0. The Hall–Kier alpha value is -0.260. The van der Waals surface area contributed by atoms with Crippen LogP contribution in [-0.4, -0.2) is 0 Å². The smallest absolute Gasteiger partial charge is 0.0202 e. The highest BCUT2D eigenvalue weighted by molar-refractivity contribution is 5.21. The Morgan fingerprint density at radius 3 is 2.45 bits per heavy atom. The Kier molecular flexibility index (Phi) is 2.63.